The summed E-state index contributed by atoms with van der Waals surface area (Å²) in [5, 5.41) is 12.9. The molecule has 0 fully saturated rings. The van der Waals surface area contributed by atoms with Gasteiger partial charge >= 0.3 is 5.69 Å². The first kappa shape index (κ1) is 13.1. The zero-order valence-corrected chi connectivity index (χ0v) is 11.1. The number of hydrogen-bond acceptors (Lipinski definition) is 4. The van der Waals surface area contributed by atoms with E-state index in [1.807, 2.05) is 24.3 Å². The molecule has 6 heteroatoms. The summed E-state index contributed by atoms with van der Waals surface area (Å²) >= 11 is 0. The summed E-state index contributed by atoms with van der Waals surface area (Å²) in [6.45, 7) is 0.179. The second kappa shape index (κ2) is 5.61. The van der Waals surface area contributed by atoms with Crippen LogP contribution < -0.4 is 5.69 Å². The lowest BCUT2D eigenvalue weighted by Crippen LogP contribution is -2.21. The average Bonchev–Trinajstić information content (AvgIpc) is 2.82. The van der Waals surface area contributed by atoms with Gasteiger partial charge in [-0.25, -0.2) is 13.9 Å². The predicted molar refractivity (Wildman–Crippen MR) is 76.8 cm³/mol. The molecule has 2 aromatic heterocycles. The largest absolute Gasteiger partial charge is 0.384 e. The van der Waals surface area contributed by atoms with Crippen molar-refractivity contribution in [3.05, 3.63) is 64.5 Å². The third-order valence-electron chi connectivity index (χ3n) is 2.96. The Labute approximate surface area is 120 Å². The number of nitrogens with zero attached hydrogens (tertiary/aromatic N) is 4. The second-order valence-corrected chi connectivity index (χ2v) is 4.41. The van der Waals surface area contributed by atoms with Crippen LogP contribution in [0.15, 0.2) is 47.7 Å². The van der Waals surface area contributed by atoms with Crippen LogP contribution in [0.5, 0.6) is 0 Å². The van der Waals surface area contributed by atoms with Gasteiger partial charge in [-0.1, -0.05) is 24.0 Å². The van der Waals surface area contributed by atoms with Crippen LogP contribution in [0.25, 0.3) is 5.65 Å². The van der Waals surface area contributed by atoms with Crippen LogP contribution in [0.2, 0.25) is 0 Å². The molecule has 0 aliphatic carbocycles. The summed E-state index contributed by atoms with van der Waals surface area (Å²) in [5.41, 5.74) is 2.01. The standard InChI is InChI=1S/C15H12N4O2/c20-8-2-5-12-3-1-4-13(9-12)11-19-15(21)18-7-6-16-10-14(18)17-19/h1,3-4,6-7,9-10,20H,8,11H2. The Kier molecular flexibility index (Phi) is 3.50. The summed E-state index contributed by atoms with van der Waals surface area (Å²) < 4.78 is 2.83. The molecule has 0 saturated carbocycles. The fraction of sp³-hybridized carbons (Fsp3) is 0.133. The molecule has 0 unspecified atom stereocenters. The van der Waals surface area contributed by atoms with E-state index < -0.39 is 0 Å². The summed E-state index contributed by atoms with van der Waals surface area (Å²) in [6.07, 6.45) is 4.68. The topological polar surface area (TPSA) is 72.4 Å². The van der Waals surface area contributed by atoms with Crippen LogP contribution in [0.1, 0.15) is 11.1 Å². The number of aromatic nitrogens is 4. The van der Waals surface area contributed by atoms with Crippen molar-refractivity contribution < 1.29 is 5.11 Å². The Morgan fingerprint density at radius 1 is 1.33 bits per heavy atom. The van der Waals surface area contributed by atoms with Crippen molar-refractivity contribution >= 4 is 5.65 Å². The van der Waals surface area contributed by atoms with E-state index in [1.54, 1.807) is 18.6 Å². The Balaban J connectivity index is 1.95. The highest BCUT2D eigenvalue weighted by atomic mass is 16.2. The number of aliphatic hydroxyl groups excluding tert-OH is 1. The van der Waals surface area contributed by atoms with Gasteiger partial charge in [-0.05, 0) is 17.7 Å². The molecule has 1 aromatic carbocycles. The summed E-state index contributed by atoms with van der Waals surface area (Å²) in [7, 11) is 0. The third kappa shape index (κ3) is 2.68. The number of aliphatic hydroxyl groups is 1. The van der Waals surface area contributed by atoms with Crippen LogP contribution >= 0.6 is 0 Å². The average molecular weight is 280 g/mol. The van der Waals surface area contributed by atoms with E-state index in [9.17, 15) is 4.79 Å². The van der Waals surface area contributed by atoms with Crippen LogP contribution in [0.4, 0.5) is 0 Å². The lowest BCUT2D eigenvalue weighted by Gasteiger charge is -2.00. The minimum atomic E-state index is -0.209. The molecular formula is C15H12N4O2. The fourth-order valence-electron chi connectivity index (χ4n) is 2.04. The quantitative estimate of drug-likeness (QED) is 0.685. The molecule has 6 nitrogen and oxygen atoms in total. The van der Waals surface area contributed by atoms with Gasteiger partial charge < -0.3 is 5.11 Å². The lowest BCUT2D eigenvalue weighted by atomic mass is 10.1. The van der Waals surface area contributed by atoms with E-state index in [0.29, 0.717) is 12.2 Å². The predicted octanol–water partition coefficient (Wildman–Crippen LogP) is 0.283. The van der Waals surface area contributed by atoms with Gasteiger partial charge in [0.15, 0.2) is 5.65 Å². The van der Waals surface area contributed by atoms with Gasteiger partial charge in [-0.3, -0.25) is 4.98 Å². The maximum absolute atomic E-state index is 12.2. The van der Waals surface area contributed by atoms with Crippen molar-refractivity contribution in [3.63, 3.8) is 0 Å². The number of hydrogen-bond donors (Lipinski definition) is 1. The Morgan fingerprint density at radius 2 is 2.24 bits per heavy atom. The summed E-state index contributed by atoms with van der Waals surface area (Å²) in [5.74, 6) is 5.44. The van der Waals surface area contributed by atoms with Crippen LogP contribution in [-0.4, -0.2) is 30.9 Å². The van der Waals surface area contributed by atoms with Crippen molar-refractivity contribution in [2.45, 2.75) is 6.54 Å². The zero-order valence-electron chi connectivity index (χ0n) is 11.1. The van der Waals surface area contributed by atoms with Gasteiger partial charge in [0.2, 0.25) is 0 Å². The van der Waals surface area contributed by atoms with E-state index in [4.69, 9.17) is 5.11 Å². The van der Waals surface area contributed by atoms with Crippen LogP contribution in [0, 0.1) is 11.8 Å². The number of fused-ring (bicyclic) bond motifs is 1. The maximum atomic E-state index is 12.2. The van der Waals surface area contributed by atoms with E-state index in [-0.39, 0.29) is 12.3 Å². The molecule has 0 saturated heterocycles. The van der Waals surface area contributed by atoms with Crippen molar-refractivity contribution in [1.82, 2.24) is 19.2 Å². The molecule has 0 radical (unpaired) electrons. The number of benzene rings is 1. The first-order valence-corrected chi connectivity index (χ1v) is 6.36. The van der Waals surface area contributed by atoms with E-state index >= 15 is 0 Å². The maximum Gasteiger partial charge on any atom is 0.350 e. The van der Waals surface area contributed by atoms with Crippen molar-refractivity contribution in [2.75, 3.05) is 6.61 Å². The molecule has 0 atom stereocenters. The highest BCUT2D eigenvalue weighted by Gasteiger charge is 2.06. The molecule has 1 N–H and O–H groups in total. The first-order chi connectivity index (χ1) is 10.3. The van der Waals surface area contributed by atoms with Gasteiger partial charge in [0, 0.05) is 18.0 Å². The van der Waals surface area contributed by atoms with Crippen LogP contribution in [-0.2, 0) is 6.54 Å². The van der Waals surface area contributed by atoms with Crippen molar-refractivity contribution in [3.8, 4) is 11.8 Å². The van der Waals surface area contributed by atoms with E-state index in [2.05, 4.69) is 21.9 Å². The minimum Gasteiger partial charge on any atom is -0.384 e. The van der Waals surface area contributed by atoms with Gasteiger partial charge in [0.25, 0.3) is 0 Å². The van der Waals surface area contributed by atoms with Gasteiger partial charge in [0.05, 0.1) is 12.7 Å². The fourth-order valence-corrected chi connectivity index (χ4v) is 2.04. The molecule has 0 aliphatic heterocycles. The molecule has 0 bridgehead atoms. The molecule has 104 valence electrons. The van der Waals surface area contributed by atoms with Crippen LogP contribution in [0.3, 0.4) is 0 Å². The van der Waals surface area contributed by atoms with Gasteiger partial charge in [-0.2, -0.15) is 0 Å². The molecular weight excluding hydrogens is 268 g/mol. The Morgan fingerprint density at radius 3 is 3.05 bits per heavy atom. The Hall–Kier alpha value is -2.91. The molecule has 0 aliphatic rings. The Bertz CT molecular complexity index is 899. The lowest BCUT2D eigenvalue weighted by molar-refractivity contribution is 0.350. The molecule has 3 rings (SSSR count). The highest BCUT2D eigenvalue weighted by molar-refractivity contribution is 5.37. The molecule has 2 heterocycles. The van der Waals surface area contributed by atoms with Gasteiger partial charge in [-0.15, -0.1) is 5.10 Å². The van der Waals surface area contributed by atoms with Crippen molar-refractivity contribution in [1.29, 1.82) is 0 Å². The minimum absolute atomic E-state index is 0.177. The first-order valence-electron chi connectivity index (χ1n) is 6.36. The van der Waals surface area contributed by atoms with E-state index in [0.717, 1.165) is 11.1 Å². The highest BCUT2D eigenvalue weighted by Crippen LogP contribution is 2.05. The molecule has 0 spiro atoms. The molecule has 0 amide bonds. The normalized spacial score (nSPS) is 10.3. The summed E-state index contributed by atoms with van der Waals surface area (Å²) in [6, 6.07) is 7.48. The third-order valence-corrected chi connectivity index (χ3v) is 2.96. The van der Waals surface area contributed by atoms with Gasteiger partial charge in [0.1, 0.15) is 6.61 Å². The second-order valence-electron chi connectivity index (χ2n) is 4.41. The number of rotatable bonds is 2. The van der Waals surface area contributed by atoms with E-state index in [1.165, 1.54) is 9.08 Å². The summed E-state index contributed by atoms with van der Waals surface area (Å²) in [4.78, 5) is 16.1. The molecule has 3 aromatic rings. The molecule has 21 heavy (non-hydrogen) atoms. The monoisotopic (exact) mass is 280 g/mol. The SMILES string of the molecule is O=c1n(Cc2cccc(C#CCO)c2)nc2cnccn12. The smallest absolute Gasteiger partial charge is 0.350 e. The zero-order chi connectivity index (χ0) is 14.7. The van der Waals surface area contributed by atoms with Crippen molar-refractivity contribution in [2.24, 2.45) is 0 Å².